The Morgan fingerprint density at radius 3 is 2.50 bits per heavy atom. The third kappa shape index (κ3) is 2.90. The van der Waals surface area contributed by atoms with E-state index < -0.39 is 29.3 Å². The fourth-order valence-electron chi connectivity index (χ4n) is 8.12. The standard InChI is InChI=1S/C25H38F2O3/c1-22-12-11-20(30-21-6-4-5-15-29-21)25(26,27)19(22)8-7-16-17(22)9-13-23(2)18(16)10-14-24(23,3)28/h8,16-18,20-21,28H,4-7,9-15H2,1-3H3/t16-,17+,18+,20+,21?,22-,23+,24+/m1/s1. The molecule has 4 fully saturated rings. The quantitative estimate of drug-likeness (QED) is 0.565. The Balaban J connectivity index is 1.41. The third-order valence-electron chi connectivity index (χ3n) is 10.2. The molecule has 3 saturated carbocycles. The Hall–Kier alpha value is -0.520. The summed E-state index contributed by atoms with van der Waals surface area (Å²) in [7, 11) is 0. The first-order chi connectivity index (χ1) is 14.1. The lowest BCUT2D eigenvalue weighted by Crippen LogP contribution is -2.58. The number of rotatable bonds is 2. The van der Waals surface area contributed by atoms with Gasteiger partial charge < -0.3 is 14.6 Å². The molecule has 0 aromatic heterocycles. The first-order valence-corrected chi connectivity index (χ1v) is 12.2. The van der Waals surface area contributed by atoms with Crippen molar-refractivity contribution < 1.29 is 23.4 Å². The van der Waals surface area contributed by atoms with Gasteiger partial charge in [0.1, 0.15) is 6.10 Å². The summed E-state index contributed by atoms with van der Waals surface area (Å²) in [5.74, 6) is -1.82. The van der Waals surface area contributed by atoms with Crippen molar-refractivity contribution in [2.45, 2.75) is 109 Å². The van der Waals surface area contributed by atoms with E-state index in [-0.39, 0.29) is 11.3 Å². The van der Waals surface area contributed by atoms with Crippen LogP contribution in [0.15, 0.2) is 11.6 Å². The minimum atomic E-state index is -2.93. The topological polar surface area (TPSA) is 38.7 Å². The molecule has 8 atom stereocenters. The molecule has 1 aliphatic heterocycles. The highest BCUT2D eigenvalue weighted by atomic mass is 19.3. The van der Waals surface area contributed by atoms with Crippen molar-refractivity contribution in [3.63, 3.8) is 0 Å². The van der Waals surface area contributed by atoms with Crippen molar-refractivity contribution in [3.05, 3.63) is 11.6 Å². The summed E-state index contributed by atoms with van der Waals surface area (Å²) in [4.78, 5) is 0. The molecular formula is C25H38F2O3. The van der Waals surface area contributed by atoms with Gasteiger partial charge >= 0.3 is 0 Å². The van der Waals surface area contributed by atoms with Crippen molar-refractivity contribution in [1.82, 2.24) is 0 Å². The lowest BCUT2D eigenvalue weighted by molar-refractivity contribution is -0.246. The zero-order valence-electron chi connectivity index (χ0n) is 18.8. The molecule has 0 aromatic carbocycles. The summed E-state index contributed by atoms with van der Waals surface area (Å²) < 4.78 is 42.9. The third-order valence-corrected chi connectivity index (χ3v) is 10.2. The van der Waals surface area contributed by atoms with Crippen molar-refractivity contribution in [2.75, 3.05) is 6.61 Å². The molecule has 1 saturated heterocycles. The summed E-state index contributed by atoms with van der Waals surface area (Å²) in [5.41, 5.74) is -0.855. The van der Waals surface area contributed by atoms with Gasteiger partial charge in [0.05, 0.1) is 5.60 Å². The highest BCUT2D eigenvalue weighted by Crippen LogP contribution is 2.68. The van der Waals surface area contributed by atoms with E-state index in [0.29, 0.717) is 43.3 Å². The highest BCUT2D eigenvalue weighted by molar-refractivity contribution is 5.32. The number of hydrogen-bond acceptors (Lipinski definition) is 3. The van der Waals surface area contributed by atoms with Crippen molar-refractivity contribution in [1.29, 1.82) is 0 Å². The van der Waals surface area contributed by atoms with Gasteiger partial charge in [0.2, 0.25) is 0 Å². The summed E-state index contributed by atoms with van der Waals surface area (Å²) in [6, 6.07) is 0. The summed E-state index contributed by atoms with van der Waals surface area (Å²) >= 11 is 0. The summed E-state index contributed by atoms with van der Waals surface area (Å²) in [5, 5.41) is 11.0. The van der Waals surface area contributed by atoms with Crippen LogP contribution in [0, 0.1) is 28.6 Å². The van der Waals surface area contributed by atoms with E-state index in [0.717, 1.165) is 44.9 Å². The minimum Gasteiger partial charge on any atom is -0.390 e. The second kappa shape index (κ2) is 6.99. The molecule has 5 rings (SSSR count). The zero-order valence-corrected chi connectivity index (χ0v) is 18.8. The molecule has 1 unspecified atom stereocenters. The summed E-state index contributed by atoms with van der Waals surface area (Å²) in [6.45, 7) is 6.93. The van der Waals surface area contributed by atoms with Crippen LogP contribution in [0.5, 0.6) is 0 Å². The molecule has 3 nitrogen and oxygen atoms in total. The van der Waals surface area contributed by atoms with Crippen molar-refractivity contribution >= 4 is 0 Å². The second-order valence-corrected chi connectivity index (χ2v) is 11.5. The van der Waals surface area contributed by atoms with Crippen LogP contribution in [0.25, 0.3) is 0 Å². The molecule has 1 heterocycles. The lowest BCUT2D eigenvalue weighted by Gasteiger charge is -2.59. The number of aliphatic hydroxyl groups is 1. The van der Waals surface area contributed by atoms with Gasteiger partial charge in [0.25, 0.3) is 5.92 Å². The molecule has 5 aliphatic rings. The van der Waals surface area contributed by atoms with E-state index in [1.807, 2.05) is 13.0 Å². The molecular weight excluding hydrogens is 386 g/mol. The van der Waals surface area contributed by atoms with E-state index in [1.165, 1.54) is 0 Å². The number of allylic oxidation sites excluding steroid dienone is 1. The molecule has 30 heavy (non-hydrogen) atoms. The normalized spacial score (nSPS) is 52.7. The SMILES string of the molecule is C[C@]12CC[C@H](OC3CCCCO3)C(F)(F)C1=CC[C@@H]1[C@@H]2CC[C@@]2(C)[C@H]1CC[C@]2(C)O. The molecule has 0 aromatic rings. The van der Waals surface area contributed by atoms with Gasteiger partial charge in [-0.2, -0.15) is 8.78 Å². The van der Waals surface area contributed by atoms with Crippen molar-refractivity contribution in [3.8, 4) is 0 Å². The molecule has 4 aliphatic carbocycles. The van der Waals surface area contributed by atoms with E-state index in [9.17, 15) is 5.11 Å². The van der Waals surface area contributed by atoms with Crippen LogP contribution in [-0.2, 0) is 9.47 Å². The predicted molar refractivity (Wildman–Crippen MR) is 111 cm³/mol. The molecule has 170 valence electrons. The van der Waals surface area contributed by atoms with E-state index in [4.69, 9.17) is 9.47 Å². The van der Waals surface area contributed by atoms with Gasteiger partial charge in [-0.15, -0.1) is 0 Å². The van der Waals surface area contributed by atoms with Crippen LogP contribution in [0.2, 0.25) is 0 Å². The van der Waals surface area contributed by atoms with Crippen LogP contribution < -0.4 is 0 Å². The fourth-order valence-corrected chi connectivity index (χ4v) is 8.12. The number of ether oxygens (including phenoxy) is 2. The highest BCUT2D eigenvalue weighted by Gasteiger charge is 2.65. The summed E-state index contributed by atoms with van der Waals surface area (Å²) in [6.07, 6.45) is 8.60. The van der Waals surface area contributed by atoms with E-state index in [2.05, 4.69) is 13.8 Å². The first-order valence-electron chi connectivity index (χ1n) is 12.2. The predicted octanol–water partition coefficient (Wildman–Crippen LogP) is 5.86. The van der Waals surface area contributed by atoms with Gasteiger partial charge in [0.15, 0.2) is 6.29 Å². The Morgan fingerprint density at radius 1 is 1.00 bits per heavy atom. The van der Waals surface area contributed by atoms with Crippen LogP contribution in [0.1, 0.15) is 85.0 Å². The average molecular weight is 425 g/mol. The molecule has 0 bridgehead atoms. The van der Waals surface area contributed by atoms with Crippen molar-refractivity contribution in [2.24, 2.45) is 28.6 Å². The molecule has 5 heteroatoms. The smallest absolute Gasteiger partial charge is 0.295 e. The number of hydrogen-bond donors (Lipinski definition) is 1. The maximum atomic E-state index is 15.7. The minimum absolute atomic E-state index is 0.0863. The monoisotopic (exact) mass is 424 g/mol. The number of alkyl halides is 2. The van der Waals surface area contributed by atoms with Gasteiger partial charge in [-0.3, -0.25) is 0 Å². The molecule has 1 N–H and O–H groups in total. The van der Waals surface area contributed by atoms with Crippen LogP contribution in [-0.4, -0.2) is 35.6 Å². The van der Waals surface area contributed by atoms with Crippen LogP contribution >= 0.6 is 0 Å². The Labute approximate surface area is 179 Å². The average Bonchev–Trinajstić information content (AvgIpc) is 2.94. The maximum absolute atomic E-state index is 15.7. The molecule has 0 amide bonds. The second-order valence-electron chi connectivity index (χ2n) is 11.5. The van der Waals surface area contributed by atoms with Crippen LogP contribution in [0.3, 0.4) is 0 Å². The van der Waals surface area contributed by atoms with E-state index >= 15 is 8.78 Å². The zero-order chi connectivity index (χ0) is 21.4. The van der Waals surface area contributed by atoms with Gasteiger partial charge in [-0.05, 0) is 99.7 Å². The maximum Gasteiger partial charge on any atom is 0.295 e. The lowest BCUT2D eigenvalue weighted by atomic mass is 9.46. The van der Waals surface area contributed by atoms with Gasteiger partial charge in [-0.1, -0.05) is 19.9 Å². The number of halogens is 2. The molecule has 0 spiro atoms. The van der Waals surface area contributed by atoms with E-state index in [1.54, 1.807) is 0 Å². The van der Waals surface area contributed by atoms with Gasteiger partial charge in [-0.25, -0.2) is 0 Å². The Morgan fingerprint density at radius 2 is 1.77 bits per heavy atom. The Bertz CT molecular complexity index is 713. The largest absolute Gasteiger partial charge is 0.390 e. The number of fused-ring (bicyclic) bond motifs is 5. The molecule has 0 radical (unpaired) electrons. The Kier molecular flexibility index (Phi) is 4.97. The van der Waals surface area contributed by atoms with Crippen LogP contribution in [0.4, 0.5) is 8.78 Å². The fraction of sp³-hybridized carbons (Fsp3) is 0.920. The first kappa shape index (κ1) is 21.3. The van der Waals surface area contributed by atoms with Gasteiger partial charge in [0, 0.05) is 12.2 Å².